The van der Waals surface area contributed by atoms with Gasteiger partial charge in [0, 0.05) is 15.6 Å². The first-order valence-electron chi connectivity index (χ1n) is 9.27. The number of rotatable bonds is 5. The average Bonchev–Trinajstić information content (AvgIpc) is 3.15. The van der Waals surface area contributed by atoms with E-state index in [9.17, 15) is 9.59 Å². The van der Waals surface area contributed by atoms with Crippen LogP contribution < -0.4 is 9.47 Å². The third-order valence-electron chi connectivity index (χ3n) is 4.45. The van der Waals surface area contributed by atoms with Crippen molar-refractivity contribution in [2.45, 2.75) is 0 Å². The quantitative estimate of drug-likeness (QED) is 0.293. The van der Waals surface area contributed by atoms with Gasteiger partial charge in [-0.2, -0.15) is 0 Å². The second-order valence-electron chi connectivity index (χ2n) is 6.50. The summed E-state index contributed by atoms with van der Waals surface area (Å²) in [4.78, 5) is 29.1. The van der Waals surface area contributed by atoms with Gasteiger partial charge in [-0.25, -0.2) is 14.6 Å². The molecule has 31 heavy (non-hydrogen) atoms. The number of hydrogen-bond acceptors (Lipinski definition) is 6. The van der Waals surface area contributed by atoms with E-state index in [-0.39, 0.29) is 11.6 Å². The number of aliphatic imine (C=N–C) groups is 1. The molecule has 0 unspecified atom stereocenters. The van der Waals surface area contributed by atoms with Crippen molar-refractivity contribution in [2.75, 3.05) is 7.11 Å². The Kier molecular flexibility index (Phi) is 5.95. The highest BCUT2D eigenvalue weighted by Gasteiger charge is 2.24. The first-order chi connectivity index (χ1) is 15.0. The Hall–Kier alpha value is -3.71. The lowest BCUT2D eigenvalue weighted by atomic mass is 10.1. The van der Waals surface area contributed by atoms with Crippen molar-refractivity contribution in [3.05, 3.63) is 99.7 Å². The Labute approximate surface area is 186 Å². The third-order valence-corrected chi connectivity index (χ3v) is 4.98. The van der Waals surface area contributed by atoms with E-state index < -0.39 is 11.9 Å². The number of halogens is 1. The summed E-state index contributed by atoms with van der Waals surface area (Å²) in [6.45, 7) is 0. The lowest BCUT2D eigenvalue weighted by molar-refractivity contribution is -0.129. The van der Waals surface area contributed by atoms with Crippen LogP contribution in [-0.2, 0) is 9.53 Å². The molecule has 4 rings (SSSR count). The van der Waals surface area contributed by atoms with E-state index in [1.54, 1.807) is 67.8 Å². The second-order valence-corrected chi connectivity index (χ2v) is 7.41. The van der Waals surface area contributed by atoms with Gasteiger partial charge in [0.1, 0.15) is 11.5 Å². The molecule has 0 saturated carbocycles. The molecule has 0 N–H and O–H groups in total. The number of para-hydroxylation sites is 1. The molecule has 3 aromatic rings. The number of carbonyl (C=O) groups excluding carboxylic acids is 2. The summed E-state index contributed by atoms with van der Waals surface area (Å²) in [6, 6.07) is 20.7. The molecule has 0 atom stereocenters. The smallest absolute Gasteiger partial charge is 0.363 e. The number of methoxy groups -OCH3 is 1. The molecule has 7 heteroatoms. The zero-order valence-corrected chi connectivity index (χ0v) is 18.0. The summed E-state index contributed by atoms with van der Waals surface area (Å²) in [5.74, 6) is 0.0593. The van der Waals surface area contributed by atoms with Crippen molar-refractivity contribution in [3.8, 4) is 11.5 Å². The van der Waals surface area contributed by atoms with Crippen LogP contribution in [0.5, 0.6) is 11.5 Å². The minimum absolute atomic E-state index is 0.117. The maximum Gasteiger partial charge on any atom is 0.363 e. The number of hydrogen-bond donors (Lipinski definition) is 0. The molecule has 6 nitrogen and oxygen atoms in total. The van der Waals surface area contributed by atoms with Crippen molar-refractivity contribution in [1.29, 1.82) is 0 Å². The average molecular weight is 478 g/mol. The van der Waals surface area contributed by atoms with Gasteiger partial charge in [-0.1, -0.05) is 34.1 Å². The van der Waals surface area contributed by atoms with E-state index >= 15 is 0 Å². The molecular weight excluding hydrogens is 462 g/mol. The lowest BCUT2D eigenvalue weighted by Gasteiger charge is -2.08. The fraction of sp³-hybridized carbons (Fsp3) is 0.0417. The van der Waals surface area contributed by atoms with Crippen molar-refractivity contribution < 1.29 is 23.8 Å². The molecular formula is C24H16BrNO5. The third kappa shape index (κ3) is 4.73. The van der Waals surface area contributed by atoms with E-state index in [1.807, 2.05) is 12.1 Å². The van der Waals surface area contributed by atoms with Gasteiger partial charge in [0.2, 0.25) is 5.90 Å². The molecule has 0 saturated heterocycles. The van der Waals surface area contributed by atoms with Crippen LogP contribution in [0.25, 0.3) is 6.08 Å². The van der Waals surface area contributed by atoms with Crippen LogP contribution in [0.3, 0.4) is 0 Å². The summed E-state index contributed by atoms with van der Waals surface area (Å²) in [5.41, 5.74) is 1.70. The van der Waals surface area contributed by atoms with Crippen LogP contribution in [0.4, 0.5) is 0 Å². The van der Waals surface area contributed by atoms with Crippen molar-refractivity contribution in [1.82, 2.24) is 0 Å². The lowest BCUT2D eigenvalue weighted by Crippen LogP contribution is -2.09. The first-order valence-corrected chi connectivity index (χ1v) is 10.1. The highest BCUT2D eigenvalue weighted by Crippen LogP contribution is 2.26. The topological polar surface area (TPSA) is 74.2 Å². The molecule has 0 bridgehead atoms. The Morgan fingerprint density at radius 3 is 2.42 bits per heavy atom. The van der Waals surface area contributed by atoms with Crippen LogP contribution in [-0.4, -0.2) is 24.9 Å². The largest absolute Gasteiger partial charge is 0.497 e. The molecule has 0 spiro atoms. The maximum absolute atomic E-state index is 12.5. The number of ether oxygens (including phenoxy) is 3. The minimum Gasteiger partial charge on any atom is -0.497 e. The summed E-state index contributed by atoms with van der Waals surface area (Å²) in [6.07, 6.45) is 1.53. The molecule has 1 heterocycles. The van der Waals surface area contributed by atoms with Crippen LogP contribution in [0.15, 0.2) is 88.0 Å². The van der Waals surface area contributed by atoms with Gasteiger partial charge in [-0.15, -0.1) is 0 Å². The number of cyclic esters (lactones) is 1. The highest BCUT2D eigenvalue weighted by molar-refractivity contribution is 9.10. The van der Waals surface area contributed by atoms with Crippen LogP contribution in [0.1, 0.15) is 21.5 Å². The predicted molar refractivity (Wildman–Crippen MR) is 119 cm³/mol. The fourth-order valence-electron chi connectivity index (χ4n) is 2.85. The van der Waals surface area contributed by atoms with E-state index in [4.69, 9.17) is 14.2 Å². The SMILES string of the molecule is COc1ccc(C(=O)Oc2ccccc2/C=C2/N=C(c3ccc(Br)cc3)OC2=O)cc1. The van der Waals surface area contributed by atoms with E-state index in [0.29, 0.717) is 28.2 Å². The molecule has 0 aromatic heterocycles. The summed E-state index contributed by atoms with van der Waals surface area (Å²) < 4.78 is 16.8. The minimum atomic E-state index is -0.575. The number of nitrogens with zero attached hydrogens (tertiary/aromatic N) is 1. The summed E-state index contributed by atoms with van der Waals surface area (Å²) >= 11 is 3.37. The van der Waals surface area contributed by atoms with Gasteiger partial charge in [0.25, 0.3) is 0 Å². The van der Waals surface area contributed by atoms with Gasteiger partial charge < -0.3 is 14.2 Å². The van der Waals surface area contributed by atoms with Crippen molar-refractivity contribution >= 4 is 39.8 Å². The molecule has 3 aromatic carbocycles. The Balaban J connectivity index is 1.59. The number of carbonyl (C=O) groups is 2. The van der Waals surface area contributed by atoms with Gasteiger partial charge >= 0.3 is 11.9 Å². The summed E-state index contributed by atoms with van der Waals surface area (Å²) in [7, 11) is 1.55. The van der Waals surface area contributed by atoms with Gasteiger partial charge in [0.15, 0.2) is 5.70 Å². The molecule has 1 aliphatic rings. The molecule has 0 radical (unpaired) electrons. The van der Waals surface area contributed by atoms with Crippen molar-refractivity contribution in [2.24, 2.45) is 4.99 Å². The Morgan fingerprint density at radius 2 is 1.71 bits per heavy atom. The molecule has 0 amide bonds. The monoisotopic (exact) mass is 477 g/mol. The molecule has 154 valence electrons. The van der Waals surface area contributed by atoms with Gasteiger partial charge in [-0.3, -0.25) is 0 Å². The van der Waals surface area contributed by atoms with E-state index in [0.717, 1.165) is 4.47 Å². The molecule has 0 aliphatic carbocycles. The number of esters is 2. The predicted octanol–water partition coefficient (Wildman–Crippen LogP) is 5.02. The van der Waals surface area contributed by atoms with Crippen LogP contribution >= 0.6 is 15.9 Å². The normalized spacial score (nSPS) is 14.2. The van der Waals surface area contributed by atoms with E-state index in [2.05, 4.69) is 20.9 Å². The molecule has 0 fully saturated rings. The Bertz CT molecular complexity index is 1200. The Morgan fingerprint density at radius 1 is 1.00 bits per heavy atom. The van der Waals surface area contributed by atoms with Crippen molar-refractivity contribution in [3.63, 3.8) is 0 Å². The second kappa shape index (κ2) is 8.97. The maximum atomic E-state index is 12.5. The van der Waals surface area contributed by atoms with Crippen LogP contribution in [0.2, 0.25) is 0 Å². The number of benzene rings is 3. The van der Waals surface area contributed by atoms with Gasteiger partial charge in [0.05, 0.1) is 12.7 Å². The summed E-state index contributed by atoms with van der Waals surface area (Å²) in [5, 5.41) is 0. The standard InChI is InChI=1S/C24H16BrNO5/c1-29-19-12-8-16(9-13-19)23(27)30-21-5-3-2-4-17(21)14-20-24(28)31-22(26-20)15-6-10-18(25)11-7-15/h2-14H,1H3/b20-14+. The first kappa shape index (κ1) is 20.6. The van der Waals surface area contributed by atoms with Gasteiger partial charge in [-0.05, 0) is 60.7 Å². The highest BCUT2D eigenvalue weighted by atomic mass is 79.9. The zero-order valence-electron chi connectivity index (χ0n) is 16.4. The van der Waals surface area contributed by atoms with E-state index in [1.165, 1.54) is 6.08 Å². The molecule has 1 aliphatic heterocycles. The fourth-order valence-corrected chi connectivity index (χ4v) is 3.12. The van der Waals surface area contributed by atoms with Crippen LogP contribution in [0, 0.1) is 0 Å². The zero-order chi connectivity index (χ0) is 21.8.